The third kappa shape index (κ3) is 5.49. The number of hydrogen-bond acceptors (Lipinski definition) is 3. The Morgan fingerprint density at radius 2 is 1.78 bits per heavy atom. The molecule has 0 aromatic carbocycles. The summed E-state index contributed by atoms with van der Waals surface area (Å²) in [5.41, 5.74) is 10.7. The van der Waals surface area contributed by atoms with Gasteiger partial charge in [0.15, 0.2) is 0 Å². The van der Waals surface area contributed by atoms with Gasteiger partial charge in [-0.15, -0.1) is 0 Å². The van der Waals surface area contributed by atoms with Gasteiger partial charge in [0.25, 0.3) is 0 Å². The summed E-state index contributed by atoms with van der Waals surface area (Å²) in [6.45, 7) is 2.56. The molecule has 1 unspecified atom stereocenters. The molecule has 1 saturated carbocycles. The molecule has 0 aliphatic heterocycles. The molecule has 5 nitrogen and oxygen atoms in total. The highest BCUT2D eigenvalue weighted by Gasteiger charge is 2.22. The Morgan fingerprint density at radius 1 is 1.22 bits per heavy atom. The van der Waals surface area contributed by atoms with E-state index in [-0.39, 0.29) is 24.3 Å². The molecule has 1 atom stereocenters. The first-order valence-corrected chi connectivity index (χ1v) is 6.79. The van der Waals surface area contributed by atoms with E-state index in [0.717, 1.165) is 32.2 Å². The van der Waals surface area contributed by atoms with Gasteiger partial charge in [-0.05, 0) is 51.0 Å². The summed E-state index contributed by atoms with van der Waals surface area (Å²) in [5.74, 6) is 0.748. The van der Waals surface area contributed by atoms with Crippen LogP contribution in [0, 0.1) is 11.8 Å². The molecular formula is C13H25N3O2. The van der Waals surface area contributed by atoms with Gasteiger partial charge >= 0.3 is 0 Å². The number of carbonyl (C=O) groups excluding carboxylic acids is 2. The molecule has 0 aromatic heterocycles. The van der Waals surface area contributed by atoms with Crippen LogP contribution in [0.15, 0.2) is 0 Å². The molecule has 0 bridgehead atoms. The first-order chi connectivity index (χ1) is 8.51. The average Bonchev–Trinajstić information content (AvgIpc) is 2.28. The van der Waals surface area contributed by atoms with Crippen LogP contribution in [-0.2, 0) is 9.59 Å². The monoisotopic (exact) mass is 255 g/mol. The van der Waals surface area contributed by atoms with Gasteiger partial charge in [0, 0.05) is 18.9 Å². The van der Waals surface area contributed by atoms with E-state index in [1.54, 1.807) is 6.92 Å². The predicted octanol–water partition coefficient (Wildman–Crippen LogP) is 0.522. The number of primary amides is 1. The van der Waals surface area contributed by atoms with Crippen LogP contribution in [0.3, 0.4) is 0 Å². The van der Waals surface area contributed by atoms with Crippen molar-refractivity contribution in [3.05, 3.63) is 0 Å². The fourth-order valence-electron chi connectivity index (χ4n) is 2.62. The highest BCUT2D eigenvalue weighted by atomic mass is 16.2. The molecule has 0 saturated heterocycles. The van der Waals surface area contributed by atoms with Crippen molar-refractivity contribution in [2.24, 2.45) is 23.3 Å². The van der Waals surface area contributed by atoms with E-state index in [9.17, 15) is 9.59 Å². The highest BCUT2D eigenvalue weighted by Crippen LogP contribution is 2.30. The molecule has 2 amide bonds. The van der Waals surface area contributed by atoms with E-state index in [0.29, 0.717) is 18.3 Å². The standard InChI is InChI=1S/C13H25N3O2/c1-9(6-12(15)17)16-13(18)7-10-2-4-11(8-14)5-3-10/h9-11H,2-8,14H2,1H3,(H2,15,17)(H,16,18). The maximum absolute atomic E-state index is 11.8. The molecule has 0 radical (unpaired) electrons. The van der Waals surface area contributed by atoms with Crippen molar-refractivity contribution < 1.29 is 9.59 Å². The zero-order valence-electron chi connectivity index (χ0n) is 11.2. The summed E-state index contributed by atoms with van der Waals surface area (Å²) in [6.07, 6.45) is 5.18. The van der Waals surface area contributed by atoms with Gasteiger partial charge in [-0.2, -0.15) is 0 Å². The van der Waals surface area contributed by atoms with Gasteiger partial charge in [0.2, 0.25) is 11.8 Å². The minimum Gasteiger partial charge on any atom is -0.370 e. The number of hydrogen-bond donors (Lipinski definition) is 3. The fraction of sp³-hybridized carbons (Fsp3) is 0.846. The lowest BCUT2D eigenvalue weighted by molar-refractivity contribution is -0.123. The van der Waals surface area contributed by atoms with Crippen molar-refractivity contribution in [3.63, 3.8) is 0 Å². The molecule has 0 aromatic rings. The van der Waals surface area contributed by atoms with Gasteiger partial charge in [0.1, 0.15) is 0 Å². The van der Waals surface area contributed by atoms with Crippen LogP contribution in [0.4, 0.5) is 0 Å². The molecule has 1 fully saturated rings. The number of rotatable bonds is 6. The summed E-state index contributed by atoms with van der Waals surface area (Å²) in [6, 6.07) is -0.171. The van der Waals surface area contributed by atoms with E-state index >= 15 is 0 Å². The van der Waals surface area contributed by atoms with E-state index in [2.05, 4.69) is 5.32 Å². The lowest BCUT2D eigenvalue weighted by Crippen LogP contribution is -2.37. The van der Waals surface area contributed by atoms with Crippen molar-refractivity contribution in [3.8, 4) is 0 Å². The Labute approximate surface area is 109 Å². The molecular weight excluding hydrogens is 230 g/mol. The molecule has 1 aliphatic carbocycles. The smallest absolute Gasteiger partial charge is 0.220 e. The Hall–Kier alpha value is -1.10. The third-order valence-electron chi connectivity index (χ3n) is 3.69. The zero-order chi connectivity index (χ0) is 13.5. The lowest BCUT2D eigenvalue weighted by Gasteiger charge is -2.27. The van der Waals surface area contributed by atoms with Crippen LogP contribution in [0.1, 0.15) is 45.4 Å². The first-order valence-electron chi connectivity index (χ1n) is 6.79. The van der Waals surface area contributed by atoms with E-state index in [1.807, 2.05) is 0 Å². The van der Waals surface area contributed by atoms with Crippen molar-refractivity contribution in [1.29, 1.82) is 0 Å². The van der Waals surface area contributed by atoms with Crippen LogP contribution in [0.2, 0.25) is 0 Å². The first kappa shape index (κ1) is 15.0. The minimum atomic E-state index is -0.383. The van der Waals surface area contributed by atoms with Gasteiger partial charge in [-0.3, -0.25) is 9.59 Å². The number of nitrogens with one attached hydrogen (secondary N) is 1. The normalized spacial score (nSPS) is 25.4. The van der Waals surface area contributed by atoms with Crippen molar-refractivity contribution in [1.82, 2.24) is 5.32 Å². The second-order valence-corrected chi connectivity index (χ2v) is 5.47. The lowest BCUT2D eigenvalue weighted by atomic mass is 9.80. The second kappa shape index (κ2) is 7.36. The minimum absolute atomic E-state index is 0.0277. The number of amides is 2. The van der Waals surface area contributed by atoms with Crippen LogP contribution < -0.4 is 16.8 Å². The summed E-state index contributed by atoms with van der Waals surface area (Å²) in [4.78, 5) is 22.5. The second-order valence-electron chi connectivity index (χ2n) is 5.47. The SMILES string of the molecule is CC(CC(N)=O)NC(=O)CC1CCC(CN)CC1. The molecule has 104 valence electrons. The summed E-state index contributed by atoms with van der Waals surface area (Å²) in [7, 11) is 0. The summed E-state index contributed by atoms with van der Waals surface area (Å²) in [5, 5.41) is 2.82. The molecule has 0 spiro atoms. The van der Waals surface area contributed by atoms with Gasteiger partial charge in [-0.1, -0.05) is 0 Å². The van der Waals surface area contributed by atoms with E-state index in [1.165, 1.54) is 0 Å². The van der Waals surface area contributed by atoms with Gasteiger partial charge < -0.3 is 16.8 Å². The van der Waals surface area contributed by atoms with Crippen molar-refractivity contribution in [2.45, 2.75) is 51.5 Å². The molecule has 5 N–H and O–H groups in total. The van der Waals surface area contributed by atoms with Crippen LogP contribution in [0.25, 0.3) is 0 Å². The van der Waals surface area contributed by atoms with E-state index < -0.39 is 0 Å². The van der Waals surface area contributed by atoms with Crippen LogP contribution >= 0.6 is 0 Å². The third-order valence-corrected chi connectivity index (χ3v) is 3.69. The highest BCUT2D eigenvalue weighted by molar-refractivity contribution is 5.78. The summed E-state index contributed by atoms with van der Waals surface area (Å²) >= 11 is 0. The topological polar surface area (TPSA) is 98.2 Å². The molecule has 1 aliphatic rings. The predicted molar refractivity (Wildman–Crippen MR) is 70.5 cm³/mol. The van der Waals surface area contributed by atoms with Crippen LogP contribution in [0.5, 0.6) is 0 Å². The van der Waals surface area contributed by atoms with Gasteiger partial charge in [0.05, 0.1) is 0 Å². The van der Waals surface area contributed by atoms with Crippen LogP contribution in [-0.4, -0.2) is 24.4 Å². The Balaban J connectivity index is 2.22. The largest absolute Gasteiger partial charge is 0.370 e. The Kier molecular flexibility index (Phi) is 6.12. The molecule has 1 rings (SSSR count). The Morgan fingerprint density at radius 3 is 2.28 bits per heavy atom. The maximum Gasteiger partial charge on any atom is 0.220 e. The van der Waals surface area contributed by atoms with E-state index in [4.69, 9.17) is 11.5 Å². The summed E-state index contributed by atoms with van der Waals surface area (Å²) < 4.78 is 0. The molecule has 18 heavy (non-hydrogen) atoms. The molecule has 0 heterocycles. The Bertz CT molecular complexity index is 286. The number of nitrogens with two attached hydrogens (primary N) is 2. The fourth-order valence-corrected chi connectivity index (χ4v) is 2.62. The van der Waals surface area contributed by atoms with Crippen molar-refractivity contribution >= 4 is 11.8 Å². The van der Waals surface area contributed by atoms with Gasteiger partial charge in [-0.25, -0.2) is 0 Å². The average molecular weight is 255 g/mol. The quantitative estimate of drug-likeness (QED) is 0.645. The number of carbonyl (C=O) groups is 2. The maximum atomic E-state index is 11.8. The zero-order valence-corrected chi connectivity index (χ0v) is 11.2. The molecule has 5 heteroatoms. The van der Waals surface area contributed by atoms with Crippen molar-refractivity contribution in [2.75, 3.05) is 6.54 Å².